The summed E-state index contributed by atoms with van der Waals surface area (Å²) in [6.07, 6.45) is 3.87. The van der Waals surface area contributed by atoms with E-state index in [2.05, 4.69) is 58.2 Å². The van der Waals surface area contributed by atoms with Gasteiger partial charge in [0.05, 0.1) is 5.69 Å². The molecular weight excluding hydrogens is 300 g/mol. The number of rotatable bonds is 5. The third-order valence-corrected chi connectivity index (χ3v) is 4.40. The summed E-state index contributed by atoms with van der Waals surface area (Å²) in [6.45, 7) is 8.97. The Bertz CT molecular complexity index is 406. The highest BCUT2D eigenvalue weighted by atomic mass is 79.9. The Morgan fingerprint density at radius 1 is 1.42 bits per heavy atom. The first-order valence-corrected chi connectivity index (χ1v) is 8.24. The Morgan fingerprint density at radius 3 is 2.95 bits per heavy atom. The minimum absolute atomic E-state index is 0.812. The number of nitrogens with one attached hydrogen (secondary N) is 1. The Labute approximate surface area is 125 Å². The van der Waals surface area contributed by atoms with Gasteiger partial charge in [0.2, 0.25) is 0 Å². The maximum atomic E-state index is 3.74. The highest BCUT2D eigenvalue weighted by molar-refractivity contribution is 9.10. The van der Waals surface area contributed by atoms with Crippen molar-refractivity contribution in [1.82, 2.24) is 5.32 Å². The van der Waals surface area contributed by atoms with Gasteiger partial charge in [-0.25, -0.2) is 0 Å². The van der Waals surface area contributed by atoms with Crippen LogP contribution in [0.5, 0.6) is 0 Å². The van der Waals surface area contributed by atoms with Gasteiger partial charge < -0.3 is 10.2 Å². The molecular formula is C16H25BrN2. The molecule has 1 aromatic rings. The zero-order valence-corrected chi connectivity index (χ0v) is 13.7. The minimum atomic E-state index is 0.812. The van der Waals surface area contributed by atoms with Gasteiger partial charge in [0, 0.05) is 24.1 Å². The molecule has 0 saturated carbocycles. The summed E-state index contributed by atoms with van der Waals surface area (Å²) >= 11 is 3.74. The molecule has 106 valence electrons. The van der Waals surface area contributed by atoms with Crippen LogP contribution in [0.15, 0.2) is 22.7 Å². The molecule has 0 aromatic heterocycles. The van der Waals surface area contributed by atoms with E-state index in [4.69, 9.17) is 0 Å². The summed E-state index contributed by atoms with van der Waals surface area (Å²) in [5, 5.41) is 3.45. The van der Waals surface area contributed by atoms with Crippen LogP contribution < -0.4 is 10.2 Å². The normalized spacial score (nSPS) is 19.7. The standard InChI is InChI=1S/C16H25BrN2/c1-3-8-18-11-14-6-7-16(15(17)10-14)19-9-4-5-13(2)12-19/h6-7,10,13,18H,3-5,8-9,11-12H2,1-2H3. The van der Waals surface area contributed by atoms with Crippen molar-refractivity contribution in [2.45, 2.75) is 39.7 Å². The van der Waals surface area contributed by atoms with Gasteiger partial charge in [-0.1, -0.05) is 19.9 Å². The minimum Gasteiger partial charge on any atom is -0.370 e. The van der Waals surface area contributed by atoms with Crippen LogP contribution in [-0.2, 0) is 6.54 Å². The van der Waals surface area contributed by atoms with Crippen LogP contribution in [0, 0.1) is 5.92 Å². The smallest absolute Gasteiger partial charge is 0.0510 e. The van der Waals surface area contributed by atoms with Crippen molar-refractivity contribution < 1.29 is 0 Å². The monoisotopic (exact) mass is 324 g/mol. The van der Waals surface area contributed by atoms with Crippen molar-refractivity contribution >= 4 is 21.6 Å². The number of hydrogen-bond acceptors (Lipinski definition) is 2. The average molecular weight is 325 g/mol. The van der Waals surface area contributed by atoms with Crippen molar-refractivity contribution in [2.75, 3.05) is 24.5 Å². The summed E-state index contributed by atoms with van der Waals surface area (Å²) in [5.74, 6) is 0.812. The fourth-order valence-corrected chi connectivity index (χ4v) is 3.41. The van der Waals surface area contributed by atoms with Gasteiger partial charge in [-0.05, 0) is 65.4 Å². The lowest BCUT2D eigenvalue weighted by Crippen LogP contribution is -2.34. The maximum Gasteiger partial charge on any atom is 0.0510 e. The summed E-state index contributed by atoms with van der Waals surface area (Å²) in [6, 6.07) is 6.78. The molecule has 1 unspecified atom stereocenters. The van der Waals surface area contributed by atoms with Gasteiger partial charge in [-0.3, -0.25) is 0 Å². The molecule has 19 heavy (non-hydrogen) atoms. The summed E-state index contributed by atoms with van der Waals surface area (Å²) in [5.41, 5.74) is 2.71. The van der Waals surface area contributed by atoms with Crippen molar-refractivity contribution in [1.29, 1.82) is 0 Å². The Balaban J connectivity index is 2.02. The van der Waals surface area contributed by atoms with Gasteiger partial charge in [0.15, 0.2) is 0 Å². The predicted molar refractivity (Wildman–Crippen MR) is 86.8 cm³/mol. The lowest BCUT2D eigenvalue weighted by molar-refractivity contribution is 0.446. The van der Waals surface area contributed by atoms with Gasteiger partial charge in [0.1, 0.15) is 0 Å². The molecule has 1 saturated heterocycles. The number of piperidine rings is 1. The summed E-state index contributed by atoms with van der Waals surface area (Å²) < 4.78 is 1.23. The molecule has 3 heteroatoms. The van der Waals surface area contributed by atoms with Gasteiger partial charge in [-0.15, -0.1) is 0 Å². The molecule has 0 spiro atoms. The summed E-state index contributed by atoms with van der Waals surface area (Å²) in [4.78, 5) is 2.52. The molecule has 1 aliphatic rings. The second kappa shape index (κ2) is 7.30. The molecule has 0 amide bonds. The van der Waals surface area contributed by atoms with Crippen molar-refractivity contribution in [3.8, 4) is 0 Å². The molecule has 1 fully saturated rings. The number of hydrogen-bond donors (Lipinski definition) is 1. The average Bonchev–Trinajstić information content (AvgIpc) is 2.39. The molecule has 0 aliphatic carbocycles. The van der Waals surface area contributed by atoms with Crippen LogP contribution in [0.25, 0.3) is 0 Å². The van der Waals surface area contributed by atoms with E-state index in [1.165, 1.54) is 48.1 Å². The Hall–Kier alpha value is -0.540. The molecule has 2 nitrogen and oxygen atoms in total. The second-order valence-electron chi connectivity index (χ2n) is 5.66. The van der Waals surface area contributed by atoms with E-state index in [0.29, 0.717) is 0 Å². The molecule has 0 bridgehead atoms. The van der Waals surface area contributed by atoms with Crippen LogP contribution in [0.1, 0.15) is 38.7 Å². The first-order chi connectivity index (χ1) is 9.20. The Morgan fingerprint density at radius 2 is 2.26 bits per heavy atom. The number of nitrogens with zero attached hydrogens (tertiary/aromatic N) is 1. The van der Waals surface area contributed by atoms with Crippen molar-refractivity contribution in [2.24, 2.45) is 5.92 Å². The molecule has 1 N–H and O–H groups in total. The van der Waals surface area contributed by atoms with E-state index in [0.717, 1.165) is 19.0 Å². The van der Waals surface area contributed by atoms with Crippen LogP contribution in [0.3, 0.4) is 0 Å². The van der Waals surface area contributed by atoms with Crippen LogP contribution in [-0.4, -0.2) is 19.6 Å². The number of benzene rings is 1. The van der Waals surface area contributed by atoms with Gasteiger partial charge in [0.25, 0.3) is 0 Å². The van der Waals surface area contributed by atoms with Gasteiger partial charge >= 0.3 is 0 Å². The Kier molecular flexibility index (Phi) is 5.71. The lowest BCUT2D eigenvalue weighted by Gasteiger charge is -2.33. The highest BCUT2D eigenvalue weighted by Crippen LogP contribution is 2.30. The van der Waals surface area contributed by atoms with Crippen LogP contribution >= 0.6 is 15.9 Å². The van der Waals surface area contributed by atoms with Gasteiger partial charge in [-0.2, -0.15) is 0 Å². The third kappa shape index (κ3) is 4.22. The maximum absolute atomic E-state index is 3.74. The fraction of sp³-hybridized carbons (Fsp3) is 0.625. The van der Waals surface area contributed by atoms with Crippen molar-refractivity contribution in [3.63, 3.8) is 0 Å². The molecule has 1 atom stereocenters. The molecule has 2 rings (SSSR count). The molecule has 0 radical (unpaired) electrons. The number of halogens is 1. The fourth-order valence-electron chi connectivity index (χ4n) is 2.73. The van der Waals surface area contributed by atoms with E-state index in [1.807, 2.05) is 0 Å². The topological polar surface area (TPSA) is 15.3 Å². The zero-order chi connectivity index (χ0) is 13.7. The predicted octanol–water partition coefficient (Wildman–Crippen LogP) is 4.19. The van der Waals surface area contributed by atoms with E-state index in [1.54, 1.807) is 0 Å². The zero-order valence-electron chi connectivity index (χ0n) is 12.1. The lowest BCUT2D eigenvalue weighted by atomic mass is 9.99. The number of anilines is 1. The largest absolute Gasteiger partial charge is 0.370 e. The van der Waals surface area contributed by atoms with E-state index >= 15 is 0 Å². The van der Waals surface area contributed by atoms with Crippen LogP contribution in [0.2, 0.25) is 0 Å². The van der Waals surface area contributed by atoms with E-state index < -0.39 is 0 Å². The molecule has 1 aliphatic heterocycles. The van der Waals surface area contributed by atoms with E-state index in [9.17, 15) is 0 Å². The first kappa shape index (κ1) is 14.9. The van der Waals surface area contributed by atoms with E-state index in [-0.39, 0.29) is 0 Å². The second-order valence-corrected chi connectivity index (χ2v) is 6.51. The SMILES string of the molecule is CCCNCc1ccc(N2CCCC(C)C2)c(Br)c1. The molecule has 1 aromatic carbocycles. The molecule has 1 heterocycles. The summed E-state index contributed by atoms with van der Waals surface area (Å²) in [7, 11) is 0. The van der Waals surface area contributed by atoms with Crippen LogP contribution in [0.4, 0.5) is 5.69 Å². The quantitative estimate of drug-likeness (QED) is 0.817. The first-order valence-electron chi connectivity index (χ1n) is 7.44. The third-order valence-electron chi connectivity index (χ3n) is 3.77. The highest BCUT2D eigenvalue weighted by Gasteiger charge is 2.18. The van der Waals surface area contributed by atoms with Crippen molar-refractivity contribution in [3.05, 3.63) is 28.2 Å².